The maximum atomic E-state index is 13.2. The van der Waals surface area contributed by atoms with Crippen molar-refractivity contribution >= 4 is 23.4 Å². The van der Waals surface area contributed by atoms with Crippen molar-refractivity contribution in [3.8, 4) is 0 Å². The molecule has 3 amide bonds. The molecule has 1 aliphatic carbocycles. The summed E-state index contributed by atoms with van der Waals surface area (Å²) in [4.78, 5) is 43.0. The largest absolute Gasteiger partial charge is 0.364 e. The molecule has 4 rings (SSSR count). The Kier molecular flexibility index (Phi) is 5.05. The normalized spacial score (nSPS) is 23.7. The van der Waals surface area contributed by atoms with Crippen molar-refractivity contribution in [2.24, 2.45) is 11.1 Å². The van der Waals surface area contributed by atoms with Gasteiger partial charge in [0.15, 0.2) is 5.69 Å². The van der Waals surface area contributed by atoms with Crippen LogP contribution in [0.3, 0.4) is 0 Å². The molecule has 3 N–H and O–H groups in total. The second-order valence-corrected chi connectivity index (χ2v) is 7.99. The number of amides is 3. The molecule has 1 saturated heterocycles. The number of nitrogens with one attached hydrogen (secondary N) is 1. The molecule has 0 bridgehead atoms. The van der Waals surface area contributed by atoms with Crippen LogP contribution >= 0.6 is 0 Å². The van der Waals surface area contributed by atoms with Gasteiger partial charge in [-0.1, -0.05) is 0 Å². The lowest BCUT2D eigenvalue weighted by atomic mass is 9.71. The Balaban J connectivity index is 1.52. The SMILES string of the molecule is CNC(=O)c1c(C(N)=O)ncn1C1CCC2(CC1)CCN(c1ccc(F)cc1)C2=O. The van der Waals surface area contributed by atoms with Crippen molar-refractivity contribution < 1.29 is 18.8 Å². The maximum Gasteiger partial charge on any atom is 0.270 e. The quantitative estimate of drug-likeness (QED) is 0.799. The molecule has 1 saturated carbocycles. The van der Waals surface area contributed by atoms with Crippen molar-refractivity contribution in [3.05, 3.63) is 47.8 Å². The molecule has 0 atom stereocenters. The fraction of sp³-hybridized carbons (Fsp3) is 0.429. The van der Waals surface area contributed by atoms with Crippen LogP contribution in [0, 0.1) is 11.2 Å². The van der Waals surface area contributed by atoms with E-state index in [1.165, 1.54) is 25.5 Å². The first kappa shape index (κ1) is 20.1. The Morgan fingerprint density at radius 3 is 2.47 bits per heavy atom. The average Bonchev–Trinajstić information content (AvgIpc) is 3.32. The van der Waals surface area contributed by atoms with Crippen LogP contribution in [-0.2, 0) is 4.79 Å². The van der Waals surface area contributed by atoms with Gasteiger partial charge >= 0.3 is 0 Å². The minimum Gasteiger partial charge on any atom is -0.364 e. The summed E-state index contributed by atoms with van der Waals surface area (Å²) in [7, 11) is 1.49. The number of carbonyl (C=O) groups is 3. The highest BCUT2D eigenvalue weighted by Gasteiger charge is 2.49. The zero-order chi connectivity index (χ0) is 21.5. The van der Waals surface area contributed by atoms with E-state index in [0.29, 0.717) is 37.9 Å². The monoisotopic (exact) mass is 413 g/mol. The Morgan fingerprint density at radius 1 is 1.20 bits per heavy atom. The number of nitrogens with zero attached hydrogens (tertiary/aromatic N) is 3. The number of carbonyl (C=O) groups excluding carboxylic acids is 3. The van der Waals surface area contributed by atoms with Crippen LogP contribution in [0.2, 0.25) is 0 Å². The summed E-state index contributed by atoms with van der Waals surface area (Å²) < 4.78 is 14.9. The van der Waals surface area contributed by atoms with Gasteiger partial charge in [-0.3, -0.25) is 14.4 Å². The number of rotatable bonds is 4. The van der Waals surface area contributed by atoms with Crippen LogP contribution in [0.4, 0.5) is 10.1 Å². The zero-order valence-electron chi connectivity index (χ0n) is 16.7. The number of aromatic nitrogens is 2. The van der Waals surface area contributed by atoms with E-state index in [-0.39, 0.29) is 29.2 Å². The fourth-order valence-electron chi connectivity index (χ4n) is 4.75. The van der Waals surface area contributed by atoms with Gasteiger partial charge in [0, 0.05) is 25.3 Å². The third-order valence-corrected chi connectivity index (χ3v) is 6.43. The Hall–Kier alpha value is -3.23. The van der Waals surface area contributed by atoms with Crippen LogP contribution in [0.1, 0.15) is 59.1 Å². The van der Waals surface area contributed by atoms with E-state index in [4.69, 9.17) is 5.73 Å². The predicted molar refractivity (Wildman–Crippen MR) is 107 cm³/mol. The van der Waals surface area contributed by atoms with E-state index < -0.39 is 17.2 Å². The summed E-state index contributed by atoms with van der Waals surface area (Å²) in [5, 5.41) is 2.53. The standard InChI is InChI=1S/C21H24FN5O3/c1-24-19(29)17-16(18(23)28)25-12-27(17)15-6-8-21(9-7-15)10-11-26(20(21)30)14-4-2-13(22)3-5-14/h2-5,12,15H,6-11H2,1H3,(H2,23,28)(H,24,29). The molecule has 8 nitrogen and oxygen atoms in total. The molecule has 1 aromatic carbocycles. The second-order valence-electron chi connectivity index (χ2n) is 7.99. The van der Waals surface area contributed by atoms with E-state index in [1.807, 2.05) is 0 Å². The molecule has 0 radical (unpaired) electrons. The Bertz CT molecular complexity index is 993. The summed E-state index contributed by atoms with van der Waals surface area (Å²) in [6, 6.07) is 5.94. The molecule has 2 aliphatic rings. The van der Waals surface area contributed by atoms with Crippen molar-refractivity contribution in [2.45, 2.75) is 38.1 Å². The number of hydrogen-bond donors (Lipinski definition) is 2. The number of anilines is 1. The molecular weight excluding hydrogens is 389 g/mol. The van der Waals surface area contributed by atoms with Gasteiger partial charge < -0.3 is 20.5 Å². The van der Waals surface area contributed by atoms with Crippen molar-refractivity contribution in [1.82, 2.24) is 14.9 Å². The van der Waals surface area contributed by atoms with E-state index in [9.17, 15) is 18.8 Å². The highest BCUT2D eigenvalue weighted by molar-refractivity contribution is 6.04. The highest BCUT2D eigenvalue weighted by atomic mass is 19.1. The summed E-state index contributed by atoms with van der Waals surface area (Å²) in [5.41, 5.74) is 5.76. The van der Waals surface area contributed by atoms with E-state index in [2.05, 4.69) is 10.3 Å². The number of nitrogens with two attached hydrogens (primary N) is 1. The van der Waals surface area contributed by atoms with Crippen LogP contribution in [-0.4, -0.2) is 40.9 Å². The molecule has 2 fully saturated rings. The molecule has 1 aromatic heterocycles. The molecule has 9 heteroatoms. The van der Waals surface area contributed by atoms with Gasteiger partial charge in [0.25, 0.3) is 11.8 Å². The molecular formula is C21H24FN5O3. The van der Waals surface area contributed by atoms with E-state index in [0.717, 1.165) is 6.42 Å². The predicted octanol–water partition coefficient (Wildman–Crippen LogP) is 2.02. The van der Waals surface area contributed by atoms with E-state index in [1.54, 1.807) is 21.6 Å². The van der Waals surface area contributed by atoms with Gasteiger partial charge in [0.2, 0.25) is 5.91 Å². The number of hydrogen-bond acceptors (Lipinski definition) is 4. The zero-order valence-corrected chi connectivity index (χ0v) is 16.7. The third kappa shape index (κ3) is 3.24. The second kappa shape index (κ2) is 7.55. The summed E-state index contributed by atoms with van der Waals surface area (Å²) in [6.07, 6.45) is 4.93. The maximum absolute atomic E-state index is 13.2. The molecule has 158 valence electrons. The highest BCUT2D eigenvalue weighted by Crippen LogP contribution is 2.48. The van der Waals surface area contributed by atoms with Crippen molar-refractivity contribution in [1.29, 1.82) is 0 Å². The molecule has 0 unspecified atom stereocenters. The van der Waals surface area contributed by atoms with Gasteiger partial charge in [-0.2, -0.15) is 0 Å². The van der Waals surface area contributed by atoms with Gasteiger partial charge in [0.1, 0.15) is 11.5 Å². The van der Waals surface area contributed by atoms with Crippen molar-refractivity contribution in [2.75, 3.05) is 18.5 Å². The first-order valence-corrected chi connectivity index (χ1v) is 10.0. The summed E-state index contributed by atoms with van der Waals surface area (Å²) in [6.45, 7) is 0.607. The third-order valence-electron chi connectivity index (χ3n) is 6.43. The van der Waals surface area contributed by atoms with Gasteiger partial charge in [0.05, 0.1) is 11.7 Å². The number of imidazole rings is 1. The topological polar surface area (TPSA) is 110 Å². The lowest BCUT2D eigenvalue weighted by Crippen LogP contribution is -2.38. The summed E-state index contributed by atoms with van der Waals surface area (Å²) >= 11 is 0. The van der Waals surface area contributed by atoms with Gasteiger partial charge in [-0.05, 0) is 56.4 Å². The fourth-order valence-corrected chi connectivity index (χ4v) is 4.75. The molecule has 2 heterocycles. The molecule has 1 spiro atoms. The van der Waals surface area contributed by atoms with Crippen LogP contribution in [0.15, 0.2) is 30.6 Å². The minimum atomic E-state index is -0.749. The Labute approximate surface area is 173 Å². The smallest absolute Gasteiger partial charge is 0.270 e. The minimum absolute atomic E-state index is 0.0452. The van der Waals surface area contributed by atoms with Crippen LogP contribution in [0.25, 0.3) is 0 Å². The van der Waals surface area contributed by atoms with Gasteiger partial charge in [-0.25, -0.2) is 9.37 Å². The van der Waals surface area contributed by atoms with E-state index >= 15 is 0 Å². The first-order chi connectivity index (χ1) is 14.4. The number of benzene rings is 1. The van der Waals surface area contributed by atoms with Gasteiger partial charge in [-0.15, -0.1) is 0 Å². The molecule has 2 aromatic rings. The first-order valence-electron chi connectivity index (χ1n) is 10.0. The van der Waals surface area contributed by atoms with Crippen LogP contribution in [0.5, 0.6) is 0 Å². The molecule has 30 heavy (non-hydrogen) atoms. The van der Waals surface area contributed by atoms with Crippen molar-refractivity contribution in [3.63, 3.8) is 0 Å². The Morgan fingerprint density at radius 2 is 1.87 bits per heavy atom. The number of primary amides is 1. The lowest BCUT2D eigenvalue weighted by Gasteiger charge is -2.36. The lowest BCUT2D eigenvalue weighted by molar-refractivity contribution is -0.127. The average molecular weight is 413 g/mol. The summed E-state index contributed by atoms with van der Waals surface area (Å²) in [5.74, 6) is -1.42. The number of halogens is 1. The van der Waals surface area contributed by atoms with Crippen LogP contribution < -0.4 is 16.0 Å². The molecule has 1 aliphatic heterocycles.